The van der Waals surface area contributed by atoms with Crippen LogP contribution in [0.15, 0.2) is 36.8 Å². The normalized spacial score (nSPS) is 28.2. The Kier molecular flexibility index (Phi) is 5.85. The second-order valence-electron chi connectivity index (χ2n) is 8.55. The Morgan fingerprint density at radius 3 is 2.67 bits per heavy atom. The monoisotopic (exact) mass is 497 g/mol. The zero-order valence-corrected chi connectivity index (χ0v) is 19.2. The zero-order chi connectivity index (χ0) is 23.5. The van der Waals surface area contributed by atoms with E-state index in [4.69, 9.17) is 37.4 Å². The second kappa shape index (κ2) is 8.42. The van der Waals surface area contributed by atoms with Crippen LogP contribution in [0.5, 0.6) is 0 Å². The molecule has 0 unspecified atom stereocenters. The number of aromatic nitrogens is 3. The number of aliphatic hydroxyl groups is 2. The molecule has 0 amide bonds. The van der Waals surface area contributed by atoms with Crippen molar-refractivity contribution in [3.05, 3.63) is 58.1 Å². The fourth-order valence-corrected chi connectivity index (χ4v) is 4.96. The van der Waals surface area contributed by atoms with Crippen LogP contribution in [-0.4, -0.2) is 55.5 Å². The Bertz CT molecular complexity index is 1190. The van der Waals surface area contributed by atoms with Crippen LogP contribution in [0, 0.1) is 0 Å². The zero-order valence-electron chi connectivity index (χ0n) is 17.7. The first-order chi connectivity index (χ1) is 15.7. The smallest absolute Gasteiger partial charge is 0.164 e. The fourth-order valence-electron chi connectivity index (χ4n) is 4.59. The highest BCUT2D eigenvalue weighted by Crippen LogP contribution is 2.48. The van der Waals surface area contributed by atoms with Gasteiger partial charge < -0.3 is 29.0 Å². The summed E-state index contributed by atoms with van der Waals surface area (Å²) in [6.07, 6.45) is -2.73. The number of nitrogens with zero attached hydrogens (tertiary/aromatic N) is 3. The van der Waals surface area contributed by atoms with Crippen LogP contribution in [0.2, 0.25) is 10.2 Å². The largest absolute Gasteiger partial charge is 0.393 e. The van der Waals surface area contributed by atoms with Crippen LogP contribution >= 0.6 is 23.2 Å². The first kappa shape index (κ1) is 22.9. The molecule has 2 aliphatic heterocycles. The van der Waals surface area contributed by atoms with E-state index in [9.17, 15) is 14.6 Å². The highest BCUT2D eigenvalue weighted by Gasteiger charge is 2.58. The standard InChI is InChI=1S/C22H22Cl2FN3O5/c1-22(2)32-17-16(15(30)11-4-3-10(23)7-13(11)14(25)8-29)31-21(18(17)33-22)28-6-5-12-19(24)26-9-27-20(12)28/h3-7,9,14-18,21,29-30H,8H2,1-2H3/t14-,15+,16+,17+,18+,21+/m0/s1. The van der Waals surface area contributed by atoms with Crippen molar-refractivity contribution >= 4 is 34.2 Å². The van der Waals surface area contributed by atoms with E-state index in [1.165, 1.54) is 18.5 Å². The van der Waals surface area contributed by atoms with Gasteiger partial charge in [0.1, 0.15) is 47.7 Å². The summed E-state index contributed by atoms with van der Waals surface area (Å²) in [5.41, 5.74) is 0.880. The summed E-state index contributed by atoms with van der Waals surface area (Å²) in [7, 11) is 0. The molecule has 2 aromatic heterocycles. The Morgan fingerprint density at radius 1 is 1.15 bits per heavy atom. The average molecular weight is 498 g/mol. The van der Waals surface area contributed by atoms with Gasteiger partial charge in [0.25, 0.3) is 0 Å². The predicted octanol–water partition coefficient (Wildman–Crippen LogP) is 3.89. The lowest BCUT2D eigenvalue weighted by Crippen LogP contribution is -2.34. The first-order valence-corrected chi connectivity index (χ1v) is 11.2. The van der Waals surface area contributed by atoms with Crippen molar-refractivity contribution in [3.63, 3.8) is 0 Å². The molecular formula is C22H22Cl2FN3O5. The molecule has 1 aromatic carbocycles. The van der Waals surface area contributed by atoms with Crippen LogP contribution in [0.1, 0.15) is 43.5 Å². The van der Waals surface area contributed by atoms with Crippen molar-refractivity contribution in [1.82, 2.24) is 14.5 Å². The Hall–Kier alpha value is -1.85. The van der Waals surface area contributed by atoms with Gasteiger partial charge in [0, 0.05) is 11.2 Å². The fraction of sp³-hybridized carbons (Fsp3) is 0.455. The molecule has 4 heterocycles. The van der Waals surface area contributed by atoms with Crippen molar-refractivity contribution in [1.29, 1.82) is 0 Å². The number of fused-ring (bicyclic) bond motifs is 2. The molecule has 11 heteroatoms. The quantitative estimate of drug-likeness (QED) is 0.515. The van der Waals surface area contributed by atoms with E-state index in [2.05, 4.69) is 9.97 Å². The number of halogens is 3. The average Bonchev–Trinajstić information content (AvgIpc) is 3.43. The molecule has 3 aromatic rings. The molecule has 176 valence electrons. The Balaban J connectivity index is 1.55. The summed E-state index contributed by atoms with van der Waals surface area (Å²) in [6, 6.07) is 6.23. The lowest BCUT2D eigenvalue weighted by molar-refractivity contribution is -0.207. The van der Waals surface area contributed by atoms with Gasteiger partial charge in [0.05, 0.1) is 12.0 Å². The minimum atomic E-state index is -1.72. The van der Waals surface area contributed by atoms with Crippen LogP contribution < -0.4 is 0 Å². The van der Waals surface area contributed by atoms with E-state index in [0.717, 1.165) is 0 Å². The van der Waals surface area contributed by atoms with Gasteiger partial charge in [-0.3, -0.25) is 0 Å². The number of rotatable bonds is 5. The highest BCUT2D eigenvalue weighted by atomic mass is 35.5. The molecule has 0 aliphatic carbocycles. The lowest BCUT2D eigenvalue weighted by Gasteiger charge is -2.28. The van der Waals surface area contributed by atoms with Gasteiger partial charge >= 0.3 is 0 Å². The Labute approximate surface area is 198 Å². The molecular weight excluding hydrogens is 476 g/mol. The van der Waals surface area contributed by atoms with Crippen molar-refractivity contribution < 1.29 is 28.8 Å². The van der Waals surface area contributed by atoms with Crippen molar-refractivity contribution in [2.24, 2.45) is 0 Å². The number of benzene rings is 1. The van der Waals surface area contributed by atoms with E-state index in [-0.39, 0.29) is 16.1 Å². The molecule has 2 saturated heterocycles. The van der Waals surface area contributed by atoms with Crippen molar-refractivity contribution in [2.45, 2.75) is 56.5 Å². The van der Waals surface area contributed by atoms with E-state index < -0.39 is 49.2 Å². The molecule has 0 saturated carbocycles. The molecule has 6 atom stereocenters. The molecule has 2 aliphatic rings. The molecule has 33 heavy (non-hydrogen) atoms. The summed E-state index contributed by atoms with van der Waals surface area (Å²) in [5, 5.41) is 21.9. The van der Waals surface area contributed by atoms with Gasteiger partial charge in [-0.25, -0.2) is 14.4 Å². The van der Waals surface area contributed by atoms with Crippen LogP contribution in [0.3, 0.4) is 0 Å². The number of aliphatic hydroxyl groups excluding tert-OH is 2. The van der Waals surface area contributed by atoms with E-state index >= 15 is 0 Å². The third-order valence-corrected chi connectivity index (χ3v) is 6.51. The van der Waals surface area contributed by atoms with Gasteiger partial charge in [-0.2, -0.15) is 0 Å². The number of hydrogen-bond donors (Lipinski definition) is 2. The highest BCUT2D eigenvalue weighted by molar-refractivity contribution is 6.33. The molecule has 2 N–H and O–H groups in total. The molecule has 8 nitrogen and oxygen atoms in total. The minimum absolute atomic E-state index is 0.0882. The maximum Gasteiger partial charge on any atom is 0.164 e. The molecule has 0 bridgehead atoms. The van der Waals surface area contributed by atoms with Crippen LogP contribution in [-0.2, 0) is 14.2 Å². The Morgan fingerprint density at radius 2 is 1.91 bits per heavy atom. The summed E-state index contributed by atoms with van der Waals surface area (Å²) in [4.78, 5) is 8.32. The third kappa shape index (κ3) is 3.91. The van der Waals surface area contributed by atoms with Gasteiger partial charge in [-0.1, -0.05) is 29.3 Å². The second-order valence-corrected chi connectivity index (χ2v) is 9.34. The maximum atomic E-state index is 14.5. The lowest BCUT2D eigenvalue weighted by atomic mass is 9.93. The minimum Gasteiger partial charge on any atom is -0.393 e. The molecule has 2 fully saturated rings. The number of ether oxygens (including phenoxy) is 3. The van der Waals surface area contributed by atoms with Crippen LogP contribution in [0.4, 0.5) is 4.39 Å². The molecule has 0 radical (unpaired) electrons. The third-order valence-electron chi connectivity index (χ3n) is 5.98. The van der Waals surface area contributed by atoms with E-state index in [0.29, 0.717) is 16.2 Å². The summed E-state index contributed by atoms with van der Waals surface area (Å²) < 4.78 is 34.8. The number of alkyl halides is 1. The van der Waals surface area contributed by atoms with E-state index in [1.54, 1.807) is 36.7 Å². The van der Waals surface area contributed by atoms with Gasteiger partial charge in [0.15, 0.2) is 12.0 Å². The van der Waals surface area contributed by atoms with Crippen molar-refractivity contribution in [2.75, 3.05) is 6.61 Å². The molecule has 0 spiro atoms. The topological polar surface area (TPSA) is 98.9 Å². The van der Waals surface area contributed by atoms with Gasteiger partial charge in [0.2, 0.25) is 0 Å². The molecule has 5 rings (SSSR count). The predicted molar refractivity (Wildman–Crippen MR) is 118 cm³/mol. The van der Waals surface area contributed by atoms with Gasteiger partial charge in [-0.15, -0.1) is 0 Å². The summed E-state index contributed by atoms with van der Waals surface area (Å²) >= 11 is 12.2. The SMILES string of the molecule is CC1(C)O[C@H]2[C@@H](O1)[C@H](n1ccc3c(Cl)ncnc31)O[C@@H]2[C@H](O)c1ccc(Cl)cc1[C@@H](F)CO. The van der Waals surface area contributed by atoms with Crippen molar-refractivity contribution in [3.8, 4) is 0 Å². The maximum absolute atomic E-state index is 14.5. The van der Waals surface area contributed by atoms with Gasteiger partial charge in [-0.05, 0) is 43.2 Å². The van der Waals surface area contributed by atoms with E-state index in [1.807, 2.05) is 0 Å². The first-order valence-electron chi connectivity index (χ1n) is 10.4. The van der Waals surface area contributed by atoms with Crippen LogP contribution in [0.25, 0.3) is 11.0 Å². The summed E-state index contributed by atoms with van der Waals surface area (Å²) in [5.74, 6) is -0.929. The summed E-state index contributed by atoms with van der Waals surface area (Å²) in [6.45, 7) is 2.80. The number of hydrogen-bond acceptors (Lipinski definition) is 7.